The summed E-state index contributed by atoms with van der Waals surface area (Å²) >= 11 is 1.48. The Bertz CT molecular complexity index is 555. The molecule has 0 heterocycles. The number of aromatic carboxylic acids is 1. The van der Waals surface area contributed by atoms with Gasteiger partial charge in [0.2, 0.25) is 0 Å². The first kappa shape index (κ1) is 12.6. The van der Waals surface area contributed by atoms with Crippen molar-refractivity contribution in [3.8, 4) is 0 Å². The Balaban J connectivity index is 2.14. The van der Waals surface area contributed by atoms with E-state index in [-0.39, 0.29) is 11.4 Å². The van der Waals surface area contributed by atoms with E-state index < -0.39 is 5.97 Å². The molecule has 18 heavy (non-hydrogen) atoms. The monoisotopic (exact) mass is 262 g/mol. The summed E-state index contributed by atoms with van der Waals surface area (Å²) in [5, 5.41) is 8.86. The first-order valence-corrected chi connectivity index (χ1v) is 6.35. The molecular weight excluding hydrogens is 251 g/mol. The average Bonchev–Trinajstić information content (AvgIpc) is 2.38. The maximum Gasteiger partial charge on any atom is 0.335 e. The van der Waals surface area contributed by atoms with E-state index >= 15 is 0 Å². The fourth-order valence-electron chi connectivity index (χ4n) is 1.50. The Labute approximate surface area is 108 Å². The SMILES string of the molecule is O=C(O)c1ccc(F)c(CSc2ccccc2)c1. The third-order valence-corrected chi connectivity index (χ3v) is 3.49. The minimum Gasteiger partial charge on any atom is -0.478 e. The summed E-state index contributed by atoms with van der Waals surface area (Å²) in [4.78, 5) is 11.8. The van der Waals surface area contributed by atoms with Gasteiger partial charge >= 0.3 is 5.97 Å². The number of thioether (sulfide) groups is 1. The van der Waals surface area contributed by atoms with Crippen LogP contribution in [-0.4, -0.2) is 11.1 Å². The Hall–Kier alpha value is -1.81. The highest BCUT2D eigenvalue weighted by Crippen LogP contribution is 2.24. The van der Waals surface area contributed by atoms with Crippen LogP contribution in [0.3, 0.4) is 0 Å². The van der Waals surface area contributed by atoms with E-state index in [2.05, 4.69) is 0 Å². The fraction of sp³-hybridized carbons (Fsp3) is 0.0714. The van der Waals surface area contributed by atoms with Gasteiger partial charge in [0.25, 0.3) is 0 Å². The summed E-state index contributed by atoms with van der Waals surface area (Å²) in [6.45, 7) is 0. The number of rotatable bonds is 4. The highest BCUT2D eigenvalue weighted by molar-refractivity contribution is 7.98. The third-order valence-electron chi connectivity index (χ3n) is 2.43. The molecule has 0 aliphatic rings. The summed E-state index contributed by atoms with van der Waals surface area (Å²) in [7, 11) is 0. The van der Waals surface area contributed by atoms with E-state index in [0.29, 0.717) is 11.3 Å². The zero-order valence-electron chi connectivity index (χ0n) is 9.47. The molecule has 1 N–H and O–H groups in total. The Morgan fingerprint density at radius 2 is 1.89 bits per heavy atom. The van der Waals surface area contributed by atoms with Crippen molar-refractivity contribution in [2.45, 2.75) is 10.6 Å². The molecule has 0 aliphatic carbocycles. The number of carboxylic acid groups (broad SMARTS) is 1. The van der Waals surface area contributed by atoms with Crippen molar-refractivity contribution in [1.29, 1.82) is 0 Å². The molecule has 0 aliphatic heterocycles. The fourth-order valence-corrected chi connectivity index (χ4v) is 2.39. The summed E-state index contributed by atoms with van der Waals surface area (Å²) in [5.74, 6) is -0.999. The number of hydrogen-bond donors (Lipinski definition) is 1. The van der Waals surface area contributed by atoms with Crippen molar-refractivity contribution >= 4 is 17.7 Å². The largest absolute Gasteiger partial charge is 0.478 e. The van der Waals surface area contributed by atoms with Crippen molar-refractivity contribution < 1.29 is 14.3 Å². The molecule has 0 radical (unpaired) electrons. The molecule has 4 heteroatoms. The van der Waals surface area contributed by atoms with Gasteiger partial charge in [-0.05, 0) is 35.9 Å². The molecular formula is C14H11FO2S. The number of carboxylic acids is 1. The van der Waals surface area contributed by atoms with E-state index in [4.69, 9.17) is 5.11 Å². The minimum atomic E-state index is -1.04. The Morgan fingerprint density at radius 3 is 2.56 bits per heavy atom. The Morgan fingerprint density at radius 1 is 1.17 bits per heavy atom. The first-order chi connectivity index (χ1) is 8.66. The number of carbonyl (C=O) groups is 1. The van der Waals surface area contributed by atoms with Crippen molar-refractivity contribution in [2.24, 2.45) is 0 Å². The molecule has 0 bridgehead atoms. The van der Waals surface area contributed by atoms with Crippen molar-refractivity contribution in [3.63, 3.8) is 0 Å². The summed E-state index contributed by atoms with van der Waals surface area (Å²) in [5.41, 5.74) is 0.517. The molecule has 2 aromatic carbocycles. The van der Waals surface area contributed by atoms with Gasteiger partial charge in [-0.3, -0.25) is 0 Å². The molecule has 0 saturated heterocycles. The second-order valence-electron chi connectivity index (χ2n) is 3.71. The molecule has 0 atom stereocenters. The van der Waals surface area contributed by atoms with Gasteiger partial charge in [-0.1, -0.05) is 18.2 Å². The maximum absolute atomic E-state index is 13.5. The predicted octanol–water partition coefficient (Wildman–Crippen LogP) is 3.82. The van der Waals surface area contributed by atoms with Gasteiger partial charge in [0.15, 0.2) is 0 Å². The summed E-state index contributed by atoms with van der Waals surface area (Å²) in [6, 6.07) is 13.5. The number of hydrogen-bond acceptors (Lipinski definition) is 2. The van der Waals surface area contributed by atoms with E-state index in [1.165, 1.54) is 30.0 Å². The Kier molecular flexibility index (Phi) is 3.99. The molecule has 0 fully saturated rings. The smallest absolute Gasteiger partial charge is 0.335 e. The van der Waals surface area contributed by atoms with Crippen LogP contribution in [0.5, 0.6) is 0 Å². The highest BCUT2D eigenvalue weighted by Gasteiger charge is 2.08. The minimum absolute atomic E-state index is 0.111. The van der Waals surface area contributed by atoms with E-state index in [9.17, 15) is 9.18 Å². The van der Waals surface area contributed by atoms with E-state index in [0.717, 1.165) is 4.90 Å². The molecule has 0 aromatic heterocycles. The lowest BCUT2D eigenvalue weighted by Crippen LogP contribution is -1.99. The van der Waals surface area contributed by atoms with Crippen LogP contribution >= 0.6 is 11.8 Å². The van der Waals surface area contributed by atoms with Crippen LogP contribution in [0, 0.1) is 5.82 Å². The van der Waals surface area contributed by atoms with E-state index in [1.54, 1.807) is 0 Å². The molecule has 0 spiro atoms. The standard InChI is InChI=1S/C14H11FO2S/c15-13-7-6-10(14(16)17)8-11(13)9-18-12-4-2-1-3-5-12/h1-8H,9H2,(H,16,17). The summed E-state index contributed by atoms with van der Waals surface area (Å²) < 4.78 is 13.5. The molecule has 2 nitrogen and oxygen atoms in total. The second kappa shape index (κ2) is 5.69. The molecule has 2 aromatic rings. The first-order valence-electron chi connectivity index (χ1n) is 5.36. The van der Waals surface area contributed by atoms with Crippen molar-refractivity contribution in [3.05, 3.63) is 65.5 Å². The second-order valence-corrected chi connectivity index (χ2v) is 4.76. The van der Waals surface area contributed by atoms with Crippen LogP contribution in [0.25, 0.3) is 0 Å². The van der Waals surface area contributed by atoms with E-state index in [1.807, 2.05) is 30.3 Å². The normalized spacial score (nSPS) is 10.3. The van der Waals surface area contributed by atoms with Crippen LogP contribution in [0.2, 0.25) is 0 Å². The lowest BCUT2D eigenvalue weighted by molar-refractivity contribution is 0.0696. The van der Waals surface area contributed by atoms with Crippen LogP contribution in [0.15, 0.2) is 53.4 Å². The van der Waals surface area contributed by atoms with Gasteiger partial charge in [-0.25, -0.2) is 9.18 Å². The lowest BCUT2D eigenvalue weighted by Gasteiger charge is -2.04. The predicted molar refractivity (Wildman–Crippen MR) is 69.4 cm³/mol. The third kappa shape index (κ3) is 3.11. The van der Waals surface area contributed by atoms with Gasteiger partial charge < -0.3 is 5.11 Å². The maximum atomic E-state index is 13.5. The van der Waals surface area contributed by atoms with Crippen LogP contribution in [0.1, 0.15) is 15.9 Å². The molecule has 0 saturated carbocycles. The quantitative estimate of drug-likeness (QED) is 0.851. The van der Waals surface area contributed by atoms with Crippen LogP contribution < -0.4 is 0 Å². The number of benzene rings is 2. The zero-order valence-corrected chi connectivity index (χ0v) is 10.3. The summed E-state index contributed by atoms with van der Waals surface area (Å²) in [6.07, 6.45) is 0. The average molecular weight is 262 g/mol. The molecule has 92 valence electrons. The van der Waals surface area contributed by atoms with Gasteiger partial charge in [0.1, 0.15) is 5.82 Å². The van der Waals surface area contributed by atoms with Crippen molar-refractivity contribution in [1.82, 2.24) is 0 Å². The molecule has 0 unspecified atom stereocenters. The van der Waals surface area contributed by atoms with Gasteiger partial charge in [-0.15, -0.1) is 11.8 Å². The topological polar surface area (TPSA) is 37.3 Å². The van der Waals surface area contributed by atoms with Gasteiger partial charge in [0.05, 0.1) is 5.56 Å². The molecule has 2 rings (SSSR count). The van der Waals surface area contributed by atoms with Crippen LogP contribution in [0.4, 0.5) is 4.39 Å². The van der Waals surface area contributed by atoms with Crippen LogP contribution in [-0.2, 0) is 5.75 Å². The lowest BCUT2D eigenvalue weighted by atomic mass is 10.1. The number of halogens is 1. The zero-order chi connectivity index (χ0) is 13.0. The van der Waals surface area contributed by atoms with Gasteiger partial charge in [-0.2, -0.15) is 0 Å². The highest BCUT2D eigenvalue weighted by atomic mass is 32.2. The van der Waals surface area contributed by atoms with Gasteiger partial charge in [0, 0.05) is 10.6 Å². The molecule has 0 amide bonds. The van der Waals surface area contributed by atoms with Crippen molar-refractivity contribution in [2.75, 3.05) is 0 Å².